The molecule has 0 radical (unpaired) electrons. The summed E-state index contributed by atoms with van der Waals surface area (Å²) in [5.74, 6) is 1.86. The van der Waals surface area contributed by atoms with Crippen LogP contribution < -0.4 is 20.1 Å². The molecule has 4 heteroatoms. The molecule has 0 spiro atoms. The largest absolute Gasteiger partial charge is 0.494 e. The summed E-state index contributed by atoms with van der Waals surface area (Å²) in [5, 5.41) is 6.81. The van der Waals surface area contributed by atoms with Gasteiger partial charge >= 0.3 is 0 Å². The lowest BCUT2D eigenvalue weighted by atomic mass is 10.3. The monoisotopic (exact) mass is 342 g/mol. The highest BCUT2D eigenvalue weighted by Crippen LogP contribution is 2.17. The van der Waals surface area contributed by atoms with Crippen molar-refractivity contribution in [2.45, 2.75) is 33.1 Å². The second kappa shape index (κ2) is 11.2. The van der Waals surface area contributed by atoms with Gasteiger partial charge in [0.25, 0.3) is 0 Å². The summed E-state index contributed by atoms with van der Waals surface area (Å²) in [6.45, 7) is 7.53. The van der Waals surface area contributed by atoms with E-state index in [1.807, 2.05) is 36.4 Å². The Hall–Kier alpha value is -2.36. The van der Waals surface area contributed by atoms with E-state index in [0.29, 0.717) is 0 Å². The first-order valence-electron chi connectivity index (χ1n) is 9.25. The molecular formula is C21H30N2O2. The first-order valence-corrected chi connectivity index (χ1v) is 9.25. The maximum Gasteiger partial charge on any atom is 0.119 e. The predicted molar refractivity (Wildman–Crippen MR) is 106 cm³/mol. The molecular weight excluding hydrogens is 312 g/mol. The van der Waals surface area contributed by atoms with Crippen LogP contribution in [0.3, 0.4) is 0 Å². The molecule has 2 N–H and O–H groups in total. The van der Waals surface area contributed by atoms with Crippen LogP contribution in [0.15, 0.2) is 48.5 Å². The summed E-state index contributed by atoms with van der Waals surface area (Å²) in [6, 6.07) is 16.2. The van der Waals surface area contributed by atoms with Crippen molar-refractivity contribution in [3.63, 3.8) is 0 Å². The van der Waals surface area contributed by atoms with Crippen molar-refractivity contribution in [2.75, 3.05) is 36.9 Å². The fraction of sp³-hybridized carbons (Fsp3) is 0.429. The number of hydrogen-bond acceptors (Lipinski definition) is 4. The maximum atomic E-state index is 5.67. The number of rotatable bonds is 12. The second-order valence-electron chi connectivity index (χ2n) is 5.95. The van der Waals surface area contributed by atoms with E-state index >= 15 is 0 Å². The standard InChI is InChI=1S/C21H30N2O2/c1-3-5-17-25-21-12-8-19(9-13-21)23-15-14-22-18-6-10-20(11-7-18)24-16-4-2/h6-13,22-23H,3-5,14-17H2,1-2H3. The van der Waals surface area contributed by atoms with E-state index in [2.05, 4.69) is 36.6 Å². The van der Waals surface area contributed by atoms with Crippen LogP contribution in [0.25, 0.3) is 0 Å². The zero-order valence-electron chi connectivity index (χ0n) is 15.4. The fourth-order valence-electron chi connectivity index (χ4n) is 2.31. The van der Waals surface area contributed by atoms with Gasteiger partial charge in [-0.1, -0.05) is 20.3 Å². The minimum atomic E-state index is 0.763. The van der Waals surface area contributed by atoms with Crippen molar-refractivity contribution in [1.29, 1.82) is 0 Å². The molecule has 2 aromatic carbocycles. The Kier molecular flexibility index (Phi) is 8.53. The number of ether oxygens (including phenoxy) is 2. The molecule has 0 aliphatic heterocycles. The van der Waals surface area contributed by atoms with Crippen LogP contribution in [0.4, 0.5) is 11.4 Å². The van der Waals surface area contributed by atoms with Crippen LogP contribution in [-0.2, 0) is 0 Å². The molecule has 0 heterocycles. The first-order chi connectivity index (χ1) is 12.3. The number of anilines is 2. The van der Waals surface area contributed by atoms with Gasteiger partial charge in [-0.15, -0.1) is 0 Å². The first kappa shape index (κ1) is 19.0. The van der Waals surface area contributed by atoms with Crippen LogP contribution >= 0.6 is 0 Å². The average Bonchev–Trinajstić information content (AvgIpc) is 2.66. The van der Waals surface area contributed by atoms with E-state index in [4.69, 9.17) is 9.47 Å². The van der Waals surface area contributed by atoms with Crippen molar-refractivity contribution < 1.29 is 9.47 Å². The van der Waals surface area contributed by atoms with Crippen LogP contribution in [0.2, 0.25) is 0 Å². The molecule has 0 aliphatic carbocycles. The Morgan fingerprint density at radius 2 is 1.12 bits per heavy atom. The van der Waals surface area contributed by atoms with E-state index in [-0.39, 0.29) is 0 Å². The van der Waals surface area contributed by atoms with Gasteiger partial charge in [0.2, 0.25) is 0 Å². The lowest BCUT2D eigenvalue weighted by Gasteiger charge is -2.11. The number of nitrogens with one attached hydrogen (secondary N) is 2. The summed E-state index contributed by atoms with van der Waals surface area (Å²) in [6.07, 6.45) is 3.27. The molecule has 0 bridgehead atoms. The Bertz CT molecular complexity index is 582. The minimum Gasteiger partial charge on any atom is -0.494 e. The van der Waals surface area contributed by atoms with Crippen molar-refractivity contribution in [1.82, 2.24) is 0 Å². The lowest BCUT2D eigenvalue weighted by molar-refractivity contribution is 0.309. The van der Waals surface area contributed by atoms with Gasteiger partial charge in [0.15, 0.2) is 0 Å². The van der Waals surface area contributed by atoms with Crippen molar-refractivity contribution >= 4 is 11.4 Å². The van der Waals surface area contributed by atoms with E-state index in [9.17, 15) is 0 Å². The molecule has 25 heavy (non-hydrogen) atoms. The normalized spacial score (nSPS) is 10.3. The minimum absolute atomic E-state index is 0.763. The van der Waals surface area contributed by atoms with Crippen LogP contribution in [0, 0.1) is 0 Å². The number of hydrogen-bond donors (Lipinski definition) is 2. The highest BCUT2D eigenvalue weighted by molar-refractivity contribution is 5.48. The van der Waals surface area contributed by atoms with Gasteiger partial charge in [-0.05, 0) is 61.4 Å². The van der Waals surface area contributed by atoms with Crippen molar-refractivity contribution in [2.24, 2.45) is 0 Å². The Morgan fingerprint density at radius 3 is 1.56 bits per heavy atom. The van der Waals surface area contributed by atoms with Gasteiger partial charge in [-0.25, -0.2) is 0 Å². The zero-order chi connectivity index (χ0) is 17.7. The molecule has 0 aliphatic rings. The lowest BCUT2D eigenvalue weighted by Crippen LogP contribution is -2.13. The molecule has 0 saturated heterocycles. The predicted octanol–water partition coefficient (Wildman–Crippen LogP) is 5.18. The highest BCUT2D eigenvalue weighted by atomic mass is 16.5. The fourth-order valence-corrected chi connectivity index (χ4v) is 2.31. The third kappa shape index (κ3) is 7.38. The van der Waals surface area contributed by atoms with Gasteiger partial charge in [0.05, 0.1) is 13.2 Å². The SMILES string of the molecule is CCCCOc1ccc(NCCNc2ccc(OCCC)cc2)cc1. The van der Waals surface area contributed by atoms with Gasteiger partial charge in [-0.3, -0.25) is 0 Å². The van der Waals surface area contributed by atoms with Crippen LogP contribution in [-0.4, -0.2) is 26.3 Å². The molecule has 0 aromatic heterocycles. The number of benzene rings is 2. The van der Waals surface area contributed by atoms with E-state index in [0.717, 1.165) is 68.4 Å². The van der Waals surface area contributed by atoms with Gasteiger partial charge in [0.1, 0.15) is 11.5 Å². The zero-order valence-corrected chi connectivity index (χ0v) is 15.4. The third-order valence-corrected chi connectivity index (χ3v) is 3.73. The average molecular weight is 342 g/mol. The Labute approximate surface area is 151 Å². The summed E-state index contributed by atoms with van der Waals surface area (Å²) in [7, 11) is 0. The molecule has 136 valence electrons. The smallest absolute Gasteiger partial charge is 0.119 e. The molecule has 0 amide bonds. The van der Waals surface area contributed by atoms with Crippen molar-refractivity contribution in [3.05, 3.63) is 48.5 Å². The Balaban J connectivity index is 1.65. The Morgan fingerprint density at radius 1 is 0.640 bits per heavy atom. The van der Waals surface area contributed by atoms with E-state index < -0.39 is 0 Å². The van der Waals surface area contributed by atoms with Gasteiger partial charge in [-0.2, -0.15) is 0 Å². The molecule has 0 saturated carbocycles. The third-order valence-electron chi connectivity index (χ3n) is 3.73. The summed E-state index contributed by atoms with van der Waals surface area (Å²) < 4.78 is 11.3. The number of unbranched alkanes of at least 4 members (excludes halogenated alkanes) is 1. The summed E-state index contributed by atoms with van der Waals surface area (Å²) >= 11 is 0. The molecule has 2 rings (SSSR count). The van der Waals surface area contributed by atoms with Gasteiger partial charge < -0.3 is 20.1 Å². The van der Waals surface area contributed by atoms with E-state index in [1.165, 1.54) is 0 Å². The summed E-state index contributed by atoms with van der Waals surface area (Å²) in [5.41, 5.74) is 2.21. The highest BCUT2D eigenvalue weighted by Gasteiger charge is 1.97. The quantitative estimate of drug-likeness (QED) is 0.522. The molecule has 2 aromatic rings. The summed E-state index contributed by atoms with van der Waals surface area (Å²) in [4.78, 5) is 0. The van der Waals surface area contributed by atoms with Gasteiger partial charge in [0, 0.05) is 24.5 Å². The van der Waals surface area contributed by atoms with Crippen LogP contribution in [0.1, 0.15) is 33.1 Å². The second-order valence-corrected chi connectivity index (χ2v) is 5.95. The van der Waals surface area contributed by atoms with E-state index in [1.54, 1.807) is 0 Å². The molecule has 0 atom stereocenters. The van der Waals surface area contributed by atoms with Crippen LogP contribution in [0.5, 0.6) is 11.5 Å². The molecule has 0 fully saturated rings. The molecule has 0 unspecified atom stereocenters. The van der Waals surface area contributed by atoms with Crippen molar-refractivity contribution in [3.8, 4) is 11.5 Å². The maximum absolute atomic E-state index is 5.67. The topological polar surface area (TPSA) is 42.5 Å². The molecule has 4 nitrogen and oxygen atoms in total.